The van der Waals surface area contributed by atoms with Crippen LogP contribution in [0.15, 0.2) is 36.4 Å². The van der Waals surface area contributed by atoms with E-state index >= 15 is 0 Å². The zero-order valence-corrected chi connectivity index (χ0v) is 10.9. The molecule has 0 unspecified atom stereocenters. The largest absolute Gasteiger partial charge is 0.372 e. The second-order valence-electron chi connectivity index (χ2n) is 5.38. The molecular formula is C16H22N2. The van der Waals surface area contributed by atoms with Crippen molar-refractivity contribution in [3.8, 4) is 0 Å². The topological polar surface area (TPSA) is 15.3 Å². The number of hydrogen-bond donors (Lipinski definition) is 1. The van der Waals surface area contributed by atoms with Gasteiger partial charge in [-0.05, 0) is 43.4 Å². The Morgan fingerprint density at radius 2 is 1.67 bits per heavy atom. The van der Waals surface area contributed by atoms with Gasteiger partial charge in [0, 0.05) is 31.4 Å². The molecule has 0 atom stereocenters. The highest BCUT2D eigenvalue weighted by atomic mass is 15.1. The van der Waals surface area contributed by atoms with E-state index in [4.69, 9.17) is 0 Å². The smallest absolute Gasteiger partial charge is 0.0366 e. The van der Waals surface area contributed by atoms with Gasteiger partial charge in [-0.25, -0.2) is 0 Å². The van der Waals surface area contributed by atoms with Gasteiger partial charge in [-0.3, -0.25) is 0 Å². The van der Waals surface area contributed by atoms with Gasteiger partial charge in [-0.2, -0.15) is 0 Å². The maximum atomic E-state index is 3.61. The number of nitrogens with zero attached hydrogens (tertiary/aromatic N) is 1. The summed E-state index contributed by atoms with van der Waals surface area (Å²) >= 11 is 0. The first-order valence-corrected chi connectivity index (χ1v) is 7.14. The van der Waals surface area contributed by atoms with Gasteiger partial charge in [0.25, 0.3) is 0 Å². The maximum absolute atomic E-state index is 3.61. The molecule has 0 aromatic heterocycles. The summed E-state index contributed by atoms with van der Waals surface area (Å²) in [6.07, 6.45) is 9.61. The molecule has 1 fully saturated rings. The molecule has 0 amide bonds. The first-order valence-electron chi connectivity index (χ1n) is 7.14. The molecule has 1 N–H and O–H groups in total. The standard InChI is InChI=1S/C16H22N2/c1-2-6-15(5-1)17-13-14-7-9-16(10-8-14)18-11-3-4-12-18/h1-2,7-10,15,17H,3-6,11-13H2. The van der Waals surface area contributed by atoms with Crippen LogP contribution in [0.1, 0.15) is 31.2 Å². The van der Waals surface area contributed by atoms with Gasteiger partial charge in [0.1, 0.15) is 0 Å². The van der Waals surface area contributed by atoms with Crippen LogP contribution in [-0.2, 0) is 6.54 Å². The Labute approximate surface area is 110 Å². The van der Waals surface area contributed by atoms with Crippen molar-refractivity contribution < 1.29 is 0 Å². The summed E-state index contributed by atoms with van der Waals surface area (Å²) in [6, 6.07) is 9.74. The highest BCUT2D eigenvalue weighted by molar-refractivity contribution is 5.48. The van der Waals surface area contributed by atoms with Crippen molar-refractivity contribution in [3.05, 3.63) is 42.0 Å². The highest BCUT2D eigenvalue weighted by Gasteiger charge is 2.12. The summed E-state index contributed by atoms with van der Waals surface area (Å²) in [5.41, 5.74) is 2.78. The van der Waals surface area contributed by atoms with Crippen LogP contribution < -0.4 is 10.2 Å². The van der Waals surface area contributed by atoms with E-state index in [9.17, 15) is 0 Å². The van der Waals surface area contributed by atoms with Crippen molar-refractivity contribution >= 4 is 5.69 Å². The molecule has 0 saturated carbocycles. The van der Waals surface area contributed by atoms with Gasteiger partial charge >= 0.3 is 0 Å². The van der Waals surface area contributed by atoms with Gasteiger partial charge in [0.05, 0.1) is 0 Å². The number of nitrogens with one attached hydrogen (secondary N) is 1. The summed E-state index contributed by atoms with van der Waals surface area (Å²) in [5, 5.41) is 3.61. The minimum atomic E-state index is 0.656. The summed E-state index contributed by atoms with van der Waals surface area (Å²) in [6.45, 7) is 3.45. The molecule has 2 aliphatic rings. The summed E-state index contributed by atoms with van der Waals surface area (Å²) < 4.78 is 0. The summed E-state index contributed by atoms with van der Waals surface area (Å²) in [4.78, 5) is 2.48. The second-order valence-corrected chi connectivity index (χ2v) is 5.38. The third-order valence-electron chi connectivity index (χ3n) is 4.01. The predicted molar refractivity (Wildman–Crippen MR) is 76.9 cm³/mol. The molecule has 1 aromatic rings. The Morgan fingerprint density at radius 3 is 2.33 bits per heavy atom. The molecule has 2 heteroatoms. The molecule has 1 saturated heterocycles. The number of rotatable bonds is 4. The normalized spacial score (nSPS) is 19.9. The molecule has 1 aliphatic carbocycles. The Morgan fingerprint density at radius 1 is 1.00 bits per heavy atom. The Bertz CT molecular complexity index is 394. The van der Waals surface area contributed by atoms with Crippen molar-refractivity contribution in [1.82, 2.24) is 5.32 Å². The quantitative estimate of drug-likeness (QED) is 0.816. The van der Waals surface area contributed by atoms with Crippen LogP contribution in [0.3, 0.4) is 0 Å². The molecule has 0 bridgehead atoms. The lowest BCUT2D eigenvalue weighted by atomic mass is 10.1. The molecule has 1 heterocycles. The van der Waals surface area contributed by atoms with E-state index in [0.717, 1.165) is 6.54 Å². The van der Waals surface area contributed by atoms with E-state index < -0.39 is 0 Å². The average Bonchev–Trinajstić information content (AvgIpc) is 3.10. The molecule has 0 spiro atoms. The Kier molecular flexibility index (Phi) is 3.65. The second kappa shape index (κ2) is 5.57. The van der Waals surface area contributed by atoms with Crippen molar-refractivity contribution in [2.45, 2.75) is 38.3 Å². The molecule has 1 aliphatic heterocycles. The van der Waals surface area contributed by atoms with E-state index in [1.54, 1.807) is 0 Å². The lowest BCUT2D eigenvalue weighted by Crippen LogP contribution is -2.25. The minimum Gasteiger partial charge on any atom is -0.372 e. The fourth-order valence-corrected chi connectivity index (χ4v) is 2.85. The molecule has 18 heavy (non-hydrogen) atoms. The van der Waals surface area contributed by atoms with Crippen LogP contribution in [0.5, 0.6) is 0 Å². The molecule has 96 valence electrons. The fraction of sp³-hybridized carbons (Fsp3) is 0.500. The van der Waals surface area contributed by atoms with E-state index in [0.29, 0.717) is 6.04 Å². The predicted octanol–water partition coefficient (Wildman–Crippen LogP) is 3.10. The van der Waals surface area contributed by atoms with Crippen LogP contribution >= 0.6 is 0 Å². The Balaban J connectivity index is 1.53. The van der Waals surface area contributed by atoms with E-state index in [1.165, 1.54) is 50.0 Å². The first kappa shape index (κ1) is 11.8. The SMILES string of the molecule is C1=CCC(NCc2ccc(N3CCCC3)cc2)C1. The third-order valence-corrected chi connectivity index (χ3v) is 4.01. The molecule has 0 radical (unpaired) electrons. The van der Waals surface area contributed by atoms with Crippen molar-refractivity contribution in [1.29, 1.82) is 0 Å². The van der Waals surface area contributed by atoms with Crippen LogP contribution in [0.25, 0.3) is 0 Å². The molecule has 2 nitrogen and oxygen atoms in total. The third kappa shape index (κ3) is 2.75. The van der Waals surface area contributed by atoms with Crippen molar-refractivity contribution in [3.63, 3.8) is 0 Å². The zero-order valence-electron chi connectivity index (χ0n) is 10.9. The lowest BCUT2D eigenvalue weighted by molar-refractivity contribution is 0.538. The van der Waals surface area contributed by atoms with Crippen LogP contribution in [0.4, 0.5) is 5.69 Å². The van der Waals surface area contributed by atoms with Crippen LogP contribution in [0, 0.1) is 0 Å². The van der Waals surface area contributed by atoms with Crippen molar-refractivity contribution in [2.75, 3.05) is 18.0 Å². The van der Waals surface area contributed by atoms with Gasteiger partial charge in [-0.15, -0.1) is 0 Å². The highest BCUT2D eigenvalue weighted by Crippen LogP contribution is 2.20. The van der Waals surface area contributed by atoms with Gasteiger partial charge in [0.2, 0.25) is 0 Å². The summed E-state index contributed by atoms with van der Waals surface area (Å²) in [5.74, 6) is 0. The van der Waals surface area contributed by atoms with Crippen LogP contribution in [-0.4, -0.2) is 19.1 Å². The van der Waals surface area contributed by atoms with Gasteiger partial charge < -0.3 is 10.2 Å². The molecule has 3 rings (SSSR count). The first-order chi connectivity index (χ1) is 8.92. The fourth-order valence-electron chi connectivity index (χ4n) is 2.85. The van der Waals surface area contributed by atoms with Gasteiger partial charge in [0.15, 0.2) is 0 Å². The van der Waals surface area contributed by atoms with E-state index in [1.807, 2.05) is 0 Å². The number of hydrogen-bond acceptors (Lipinski definition) is 2. The Hall–Kier alpha value is -1.28. The zero-order chi connectivity index (χ0) is 12.2. The maximum Gasteiger partial charge on any atom is 0.0366 e. The summed E-state index contributed by atoms with van der Waals surface area (Å²) in [7, 11) is 0. The monoisotopic (exact) mass is 242 g/mol. The molecular weight excluding hydrogens is 220 g/mol. The molecule has 1 aromatic carbocycles. The van der Waals surface area contributed by atoms with Crippen molar-refractivity contribution in [2.24, 2.45) is 0 Å². The van der Waals surface area contributed by atoms with E-state index in [2.05, 4.69) is 46.6 Å². The van der Waals surface area contributed by atoms with E-state index in [-0.39, 0.29) is 0 Å². The van der Waals surface area contributed by atoms with Gasteiger partial charge in [-0.1, -0.05) is 24.3 Å². The van der Waals surface area contributed by atoms with Crippen LogP contribution in [0.2, 0.25) is 0 Å². The number of anilines is 1. The average molecular weight is 242 g/mol. The number of benzene rings is 1. The minimum absolute atomic E-state index is 0.656. The lowest BCUT2D eigenvalue weighted by Gasteiger charge is -2.18.